The fourth-order valence-electron chi connectivity index (χ4n) is 2.78. The Morgan fingerprint density at radius 3 is 2.79 bits per heavy atom. The molecule has 0 bridgehead atoms. The zero-order chi connectivity index (χ0) is 17.4. The molecule has 2 heterocycles. The second kappa shape index (κ2) is 5.62. The van der Waals surface area contributed by atoms with E-state index < -0.39 is 22.4 Å². The van der Waals surface area contributed by atoms with Crippen molar-refractivity contribution >= 4 is 11.6 Å². The fraction of sp³-hybridized carbons (Fsp3) is 0.188. The molecule has 1 aliphatic rings. The summed E-state index contributed by atoms with van der Waals surface area (Å²) in [4.78, 5) is 22.7. The number of nitro groups is 1. The van der Waals surface area contributed by atoms with E-state index in [1.807, 2.05) is 6.07 Å². The maximum absolute atomic E-state index is 12.3. The molecule has 0 aliphatic carbocycles. The molecule has 1 aliphatic heterocycles. The molecule has 2 aromatic rings. The highest BCUT2D eigenvalue weighted by molar-refractivity contribution is 5.85. The number of rotatable bonds is 2. The van der Waals surface area contributed by atoms with Crippen molar-refractivity contribution in [1.29, 1.82) is 10.7 Å². The Labute approximate surface area is 135 Å². The van der Waals surface area contributed by atoms with Crippen LogP contribution < -0.4 is 10.4 Å². The fourth-order valence-corrected chi connectivity index (χ4v) is 2.78. The Morgan fingerprint density at radius 2 is 2.12 bits per heavy atom. The minimum absolute atomic E-state index is 0.0867. The second-order valence-electron chi connectivity index (χ2n) is 5.33. The number of nitriles is 1. The average Bonchev–Trinajstić information content (AvgIpc) is 2.53. The molecule has 2 atom stereocenters. The highest BCUT2D eigenvalue weighted by Gasteiger charge is 2.40. The maximum Gasteiger partial charge on any atom is 0.343 e. The first kappa shape index (κ1) is 15.4. The van der Waals surface area contributed by atoms with Crippen LogP contribution in [0.5, 0.6) is 5.75 Å². The van der Waals surface area contributed by atoms with Crippen molar-refractivity contribution in [3.05, 3.63) is 67.8 Å². The number of hydrogen-bond donors (Lipinski definition) is 1. The first-order valence-corrected chi connectivity index (χ1v) is 6.97. The first-order valence-electron chi connectivity index (χ1n) is 6.97. The average molecular weight is 325 g/mol. The normalized spacial score (nSPS) is 19.1. The molecule has 0 radical (unpaired) electrons. The first-order chi connectivity index (χ1) is 11.4. The van der Waals surface area contributed by atoms with Crippen LogP contribution in [0.3, 0.4) is 0 Å². The van der Waals surface area contributed by atoms with Gasteiger partial charge in [-0.15, -0.1) is 0 Å². The molecule has 0 amide bonds. The highest BCUT2D eigenvalue weighted by Crippen LogP contribution is 2.41. The predicted octanol–water partition coefficient (Wildman–Crippen LogP) is 2.50. The Hall–Kier alpha value is -3.47. The van der Waals surface area contributed by atoms with Gasteiger partial charge in [0.2, 0.25) is 5.90 Å². The molecule has 1 aromatic carbocycles. The summed E-state index contributed by atoms with van der Waals surface area (Å²) in [6, 6.07) is 9.04. The van der Waals surface area contributed by atoms with E-state index in [-0.39, 0.29) is 22.9 Å². The summed E-state index contributed by atoms with van der Waals surface area (Å²) >= 11 is 0. The third-order valence-electron chi connectivity index (χ3n) is 3.80. The topological polar surface area (TPSA) is 130 Å². The van der Waals surface area contributed by atoms with E-state index in [0.717, 1.165) is 0 Å². The van der Waals surface area contributed by atoms with Crippen LogP contribution >= 0.6 is 0 Å². The summed E-state index contributed by atoms with van der Waals surface area (Å²) < 4.78 is 10.4. The summed E-state index contributed by atoms with van der Waals surface area (Å²) in [5, 5.41) is 28.3. The van der Waals surface area contributed by atoms with E-state index in [1.165, 1.54) is 24.3 Å². The number of fused-ring (bicyclic) bond motifs is 1. The third kappa shape index (κ3) is 2.42. The lowest BCUT2D eigenvalue weighted by atomic mass is 9.79. The largest absolute Gasteiger partial charge is 0.441 e. The molecule has 8 nitrogen and oxygen atoms in total. The van der Waals surface area contributed by atoms with Crippen molar-refractivity contribution in [3.8, 4) is 11.8 Å². The molecule has 0 saturated carbocycles. The van der Waals surface area contributed by atoms with E-state index in [2.05, 4.69) is 0 Å². The molecule has 1 N–H and O–H groups in total. The molecular formula is C16H11N3O5. The minimum Gasteiger partial charge on any atom is -0.441 e. The molecule has 0 spiro atoms. The lowest BCUT2D eigenvalue weighted by Crippen LogP contribution is -2.34. The smallest absolute Gasteiger partial charge is 0.343 e. The molecule has 0 fully saturated rings. The lowest BCUT2D eigenvalue weighted by molar-refractivity contribution is -0.384. The van der Waals surface area contributed by atoms with Gasteiger partial charge in [0.25, 0.3) is 5.69 Å². The van der Waals surface area contributed by atoms with Crippen LogP contribution in [0.25, 0.3) is 0 Å². The zero-order valence-electron chi connectivity index (χ0n) is 12.5. The Bertz CT molecular complexity index is 957. The van der Waals surface area contributed by atoms with Crippen LogP contribution in [0.15, 0.2) is 39.5 Å². The maximum atomic E-state index is 12.3. The molecule has 24 heavy (non-hydrogen) atoms. The quantitative estimate of drug-likeness (QED) is 0.666. The van der Waals surface area contributed by atoms with Crippen molar-refractivity contribution < 1.29 is 14.1 Å². The number of ether oxygens (including phenoxy) is 1. The van der Waals surface area contributed by atoms with Gasteiger partial charge in [0.15, 0.2) is 0 Å². The molecule has 8 heteroatoms. The molecule has 1 aromatic heterocycles. The molecule has 3 rings (SSSR count). The second-order valence-corrected chi connectivity index (χ2v) is 5.33. The van der Waals surface area contributed by atoms with Gasteiger partial charge in [-0.25, -0.2) is 4.79 Å². The van der Waals surface area contributed by atoms with Crippen LogP contribution in [0.2, 0.25) is 0 Å². The van der Waals surface area contributed by atoms with Gasteiger partial charge in [-0.3, -0.25) is 15.5 Å². The van der Waals surface area contributed by atoms with Gasteiger partial charge in [0.05, 0.1) is 16.6 Å². The van der Waals surface area contributed by atoms with Crippen molar-refractivity contribution in [2.24, 2.45) is 5.92 Å². The Balaban J connectivity index is 2.27. The molecule has 0 saturated heterocycles. The molecule has 2 unspecified atom stereocenters. The van der Waals surface area contributed by atoms with Crippen LogP contribution in [-0.2, 0) is 0 Å². The van der Waals surface area contributed by atoms with E-state index in [1.54, 1.807) is 13.0 Å². The van der Waals surface area contributed by atoms with Crippen LogP contribution in [0.4, 0.5) is 5.69 Å². The molecular weight excluding hydrogens is 314 g/mol. The van der Waals surface area contributed by atoms with Crippen molar-refractivity contribution in [1.82, 2.24) is 0 Å². The van der Waals surface area contributed by atoms with Crippen LogP contribution in [0.1, 0.15) is 22.8 Å². The number of nitrogens with zero attached hydrogens (tertiary/aromatic N) is 2. The van der Waals surface area contributed by atoms with E-state index in [4.69, 9.17) is 14.6 Å². The summed E-state index contributed by atoms with van der Waals surface area (Å²) in [7, 11) is 0. The molecule has 120 valence electrons. The number of non-ortho nitro benzene ring substituents is 1. The highest BCUT2D eigenvalue weighted by atomic mass is 16.6. The number of benzene rings is 1. The third-order valence-corrected chi connectivity index (χ3v) is 3.80. The van der Waals surface area contributed by atoms with Crippen molar-refractivity contribution in [3.63, 3.8) is 0 Å². The summed E-state index contributed by atoms with van der Waals surface area (Å²) in [5.41, 5.74) is -0.389. The van der Waals surface area contributed by atoms with Gasteiger partial charge < -0.3 is 9.15 Å². The van der Waals surface area contributed by atoms with Gasteiger partial charge in [0.1, 0.15) is 17.4 Å². The minimum atomic E-state index is -1.08. The number of nitro benzene ring substituents is 1. The Kier molecular flexibility index (Phi) is 3.62. The number of nitrogens with one attached hydrogen (secondary N) is 1. The van der Waals surface area contributed by atoms with Crippen molar-refractivity contribution in [2.75, 3.05) is 0 Å². The van der Waals surface area contributed by atoms with Gasteiger partial charge in [0, 0.05) is 24.1 Å². The number of hydrogen-bond acceptors (Lipinski definition) is 7. The summed E-state index contributed by atoms with van der Waals surface area (Å²) in [6.45, 7) is 1.56. The number of aryl methyl sites for hydroxylation is 1. The zero-order valence-corrected chi connectivity index (χ0v) is 12.5. The van der Waals surface area contributed by atoms with Crippen LogP contribution in [-0.4, -0.2) is 10.8 Å². The SMILES string of the molecule is Cc1cc2c(c(=O)o1)C(c1cccc([N+](=O)[O-])c1)C(C#N)C(=N)O2. The summed E-state index contributed by atoms with van der Waals surface area (Å²) in [6.07, 6.45) is 0. The van der Waals surface area contributed by atoms with Crippen LogP contribution in [0, 0.1) is 39.7 Å². The van der Waals surface area contributed by atoms with Gasteiger partial charge in [-0.05, 0) is 12.5 Å². The Morgan fingerprint density at radius 1 is 1.38 bits per heavy atom. The van der Waals surface area contributed by atoms with Gasteiger partial charge in [-0.1, -0.05) is 12.1 Å². The summed E-state index contributed by atoms with van der Waals surface area (Å²) in [5.74, 6) is -1.82. The lowest BCUT2D eigenvalue weighted by Gasteiger charge is -2.28. The predicted molar refractivity (Wildman–Crippen MR) is 82.1 cm³/mol. The van der Waals surface area contributed by atoms with Gasteiger partial charge >= 0.3 is 5.63 Å². The van der Waals surface area contributed by atoms with E-state index >= 15 is 0 Å². The van der Waals surface area contributed by atoms with Crippen molar-refractivity contribution in [2.45, 2.75) is 12.8 Å². The van der Waals surface area contributed by atoms with Gasteiger partial charge in [-0.2, -0.15) is 5.26 Å². The standard InChI is InChI=1S/C16H11N3O5/c1-8-5-12-14(16(20)23-8)13(11(7-17)15(18)24-12)9-3-2-4-10(6-9)19(21)22/h2-6,11,13,18H,1H3. The van der Waals surface area contributed by atoms with E-state index in [0.29, 0.717) is 11.3 Å². The monoisotopic (exact) mass is 325 g/mol. The van der Waals surface area contributed by atoms with E-state index in [9.17, 15) is 20.2 Å².